The summed E-state index contributed by atoms with van der Waals surface area (Å²) in [5.41, 5.74) is 8.48. The van der Waals surface area contributed by atoms with E-state index in [0.717, 1.165) is 17.1 Å². The fraction of sp³-hybridized carbons (Fsp3) is 0.0833. The van der Waals surface area contributed by atoms with E-state index in [1.54, 1.807) is 6.20 Å². The molecule has 0 bridgehead atoms. The topological polar surface area (TPSA) is 50.9 Å². The number of benzene rings is 1. The van der Waals surface area contributed by atoms with Crippen molar-refractivity contribution >= 4 is 11.4 Å². The molecule has 0 fully saturated rings. The number of aromatic nitrogens is 1. The van der Waals surface area contributed by atoms with Gasteiger partial charge in [0.05, 0.1) is 5.69 Å². The molecule has 0 saturated carbocycles. The fourth-order valence-electron chi connectivity index (χ4n) is 1.36. The van der Waals surface area contributed by atoms with Crippen LogP contribution in [0.2, 0.25) is 0 Å². The van der Waals surface area contributed by atoms with E-state index in [2.05, 4.69) is 10.3 Å². The quantitative estimate of drug-likeness (QED) is 0.797. The summed E-state index contributed by atoms with van der Waals surface area (Å²) in [5.74, 6) is 0. The van der Waals surface area contributed by atoms with Gasteiger partial charge in [0.1, 0.15) is 0 Å². The normalized spacial score (nSPS) is 9.93. The van der Waals surface area contributed by atoms with Crippen molar-refractivity contribution in [2.75, 3.05) is 5.32 Å². The van der Waals surface area contributed by atoms with Crippen LogP contribution in [0.4, 0.5) is 11.4 Å². The van der Waals surface area contributed by atoms with E-state index in [0.29, 0.717) is 6.54 Å². The Hall–Kier alpha value is -1.87. The minimum Gasteiger partial charge on any atom is -0.355 e. The molecule has 3 heteroatoms. The molecule has 76 valence electrons. The molecular weight excluding hydrogens is 186 g/mol. The van der Waals surface area contributed by atoms with Gasteiger partial charge in [0, 0.05) is 24.1 Å². The van der Waals surface area contributed by atoms with Gasteiger partial charge >= 0.3 is 0 Å². The predicted molar refractivity (Wildman–Crippen MR) is 61.9 cm³/mol. The molecule has 3 N–H and O–H groups in total. The van der Waals surface area contributed by atoms with E-state index in [1.165, 1.54) is 0 Å². The van der Waals surface area contributed by atoms with Crippen molar-refractivity contribution in [1.29, 1.82) is 0 Å². The average Bonchev–Trinajstić information content (AvgIpc) is 2.31. The van der Waals surface area contributed by atoms with Crippen LogP contribution in [0, 0.1) is 0 Å². The highest BCUT2D eigenvalue weighted by Gasteiger charge is 1.95. The second kappa shape index (κ2) is 4.57. The lowest BCUT2D eigenvalue weighted by Crippen LogP contribution is -2.00. The van der Waals surface area contributed by atoms with E-state index < -0.39 is 0 Å². The summed E-state index contributed by atoms with van der Waals surface area (Å²) in [5, 5.41) is 3.28. The molecule has 0 spiro atoms. The van der Waals surface area contributed by atoms with Crippen LogP contribution in [0.15, 0.2) is 48.7 Å². The highest BCUT2D eigenvalue weighted by atomic mass is 14.9. The van der Waals surface area contributed by atoms with Gasteiger partial charge in [0.15, 0.2) is 0 Å². The molecule has 0 aliphatic heterocycles. The first kappa shape index (κ1) is 9.68. The Balaban J connectivity index is 2.17. The van der Waals surface area contributed by atoms with Crippen LogP contribution in [0.3, 0.4) is 0 Å². The molecule has 2 aromatic rings. The molecule has 3 nitrogen and oxygen atoms in total. The summed E-state index contributed by atoms with van der Waals surface area (Å²) in [6, 6.07) is 13.9. The molecule has 0 aliphatic carbocycles. The van der Waals surface area contributed by atoms with Gasteiger partial charge in [0.2, 0.25) is 0 Å². The molecule has 15 heavy (non-hydrogen) atoms. The predicted octanol–water partition coefficient (Wildman–Crippen LogP) is 2.28. The van der Waals surface area contributed by atoms with Crippen LogP contribution < -0.4 is 11.1 Å². The molecule has 0 amide bonds. The number of rotatable bonds is 3. The van der Waals surface area contributed by atoms with Gasteiger partial charge in [-0.3, -0.25) is 4.98 Å². The van der Waals surface area contributed by atoms with Crippen LogP contribution in [0.25, 0.3) is 0 Å². The highest BCUT2D eigenvalue weighted by Crippen LogP contribution is 2.15. The van der Waals surface area contributed by atoms with Crippen molar-refractivity contribution in [3.8, 4) is 0 Å². The summed E-state index contributed by atoms with van der Waals surface area (Å²) < 4.78 is 0. The number of anilines is 2. The van der Waals surface area contributed by atoms with Crippen molar-refractivity contribution in [1.82, 2.24) is 4.98 Å². The van der Waals surface area contributed by atoms with E-state index in [9.17, 15) is 0 Å². The summed E-state index contributed by atoms with van der Waals surface area (Å²) in [6.07, 6.45) is 1.76. The third-order valence-electron chi connectivity index (χ3n) is 2.09. The number of nitrogens with zero attached hydrogens (tertiary/aromatic N) is 1. The maximum Gasteiger partial charge on any atom is 0.0560 e. The van der Waals surface area contributed by atoms with Crippen LogP contribution >= 0.6 is 0 Å². The second-order valence-corrected chi connectivity index (χ2v) is 3.23. The molecule has 0 saturated heterocycles. The van der Waals surface area contributed by atoms with Gasteiger partial charge in [-0.25, -0.2) is 0 Å². The molecule has 2 rings (SSSR count). The molecule has 0 radical (unpaired) electrons. The number of pyridine rings is 1. The number of para-hydroxylation sites is 1. The third-order valence-corrected chi connectivity index (χ3v) is 2.09. The molecule has 0 atom stereocenters. The van der Waals surface area contributed by atoms with Crippen LogP contribution in [-0.2, 0) is 6.54 Å². The lowest BCUT2D eigenvalue weighted by molar-refractivity contribution is 0.991. The lowest BCUT2D eigenvalue weighted by atomic mass is 10.3. The summed E-state index contributed by atoms with van der Waals surface area (Å²) in [4.78, 5) is 4.13. The van der Waals surface area contributed by atoms with Gasteiger partial charge < -0.3 is 11.1 Å². The smallest absolute Gasteiger partial charge is 0.0560 e. The van der Waals surface area contributed by atoms with Gasteiger partial charge in [-0.05, 0) is 24.3 Å². The minimum absolute atomic E-state index is 0.463. The zero-order valence-corrected chi connectivity index (χ0v) is 8.35. The SMILES string of the molecule is NCc1cc(Nc2ccccc2)ccn1. The van der Waals surface area contributed by atoms with Gasteiger partial charge in [-0.2, -0.15) is 0 Å². The summed E-state index contributed by atoms with van der Waals surface area (Å²) in [6.45, 7) is 0.463. The van der Waals surface area contributed by atoms with E-state index in [1.807, 2.05) is 42.5 Å². The molecule has 1 aromatic heterocycles. The Morgan fingerprint density at radius 1 is 1.07 bits per heavy atom. The Kier molecular flexibility index (Phi) is 2.95. The third kappa shape index (κ3) is 2.54. The number of nitrogens with one attached hydrogen (secondary N) is 1. The molecule has 1 aromatic carbocycles. The van der Waals surface area contributed by atoms with E-state index in [4.69, 9.17) is 5.73 Å². The second-order valence-electron chi connectivity index (χ2n) is 3.23. The first-order valence-corrected chi connectivity index (χ1v) is 4.85. The number of hydrogen-bond acceptors (Lipinski definition) is 3. The maximum atomic E-state index is 5.52. The summed E-state index contributed by atoms with van der Waals surface area (Å²) in [7, 11) is 0. The molecule has 0 aliphatic rings. The van der Waals surface area contributed by atoms with Crippen molar-refractivity contribution in [2.45, 2.75) is 6.54 Å². The first-order valence-electron chi connectivity index (χ1n) is 4.85. The van der Waals surface area contributed by atoms with Crippen molar-refractivity contribution in [3.63, 3.8) is 0 Å². The van der Waals surface area contributed by atoms with Crippen LogP contribution in [-0.4, -0.2) is 4.98 Å². The summed E-state index contributed by atoms with van der Waals surface area (Å²) >= 11 is 0. The van der Waals surface area contributed by atoms with Crippen molar-refractivity contribution < 1.29 is 0 Å². The zero-order chi connectivity index (χ0) is 10.5. The Morgan fingerprint density at radius 3 is 2.60 bits per heavy atom. The molecular formula is C12H13N3. The Labute approximate surface area is 89.0 Å². The standard InChI is InChI=1S/C12H13N3/c13-9-12-8-11(6-7-14-12)15-10-4-2-1-3-5-10/h1-8H,9,13H2,(H,14,15). The van der Waals surface area contributed by atoms with Gasteiger partial charge in [0.25, 0.3) is 0 Å². The van der Waals surface area contributed by atoms with Crippen LogP contribution in [0.5, 0.6) is 0 Å². The Morgan fingerprint density at radius 2 is 1.87 bits per heavy atom. The fourth-order valence-corrected chi connectivity index (χ4v) is 1.36. The number of nitrogens with two attached hydrogens (primary N) is 1. The Bertz CT molecular complexity index is 426. The number of hydrogen-bond donors (Lipinski definition) is 2. The first-order chi connectivity index (χ1) is 7.38. The lowest BCUT2D eigenvalue weighted by Gasteiger charge is -2.06. The largest absolute Gasteiger partial charge is 0.355 e. The van der Waals surface area contributed by atoms with Crippen LogP contribution in [0.1, 0.15) is 5.69 Å². The monoisotopic (exact) mass is 199 g/mol. The van der Waals surface area contributed by atoms with E-state index in [-0.39, 0.29) is 0 Å². The molecule has 1 heterocycles. The van der Waals surface area contributed by atoms with Gasteiger partial charge in [-0.15, -0.1) is 0 Å². The molecule has 0 unspecified atom stereocenters. The highest BCUT2D eigenvalue weighted by molar-refractivity contribution is 5.59. The van der Waals surface area contributed by atoms with Gasteiger partial charge in [-0.1, -0.05) is 18.2 Å². The minimum atomic E-state index is 0.463. The van der Waals surface area contributed by atoms with E-state index >= 15 is 0 Å². The zero-order valence-electron chi connectivity index (χ0n) is 8.35. The van der Waals surface area contributed by atoms with Crippen molar-refractivity contribution in [3.05, 3.63) is 54.4 Å². The average molecular weight is 199 g/mol. The van der Waals surface area contributed by atoms with Crippen molar-refractivity contribution in [2.24, 2.45) is 5.73 Å². The maximum absolute atomic E-state index is 5.52.